The Labute approximate surface area is 161 Å². The molecule has 0 bridgehead atoms. The van der Waals surface area contributed by atoms with Gasteiger partial charge in [-0.1, -0.05) is 67.5 Å². The molecular weight excluding hydrogens is 384 g/mol. The van der Waals surface area contributed by atoms with E-state index in [9.17, 15) is 12.6 Å². The first kappa shape index (κ1) is 19.3. The molecule has 0 fully saturated rings. The standard InChI is InChI=1S/C19H20N2O4S2/c1-14(2)13-26(22)19-18(17(20-25-19)15-9-5-3-6-10-15)21-27(23,24)16-11-7-4-8-12-16/h3-12,14,21H,13H2,1-2H3. The molecular formula is C19H20N2O4S2. The van der Waals surface area contributed by atoms with Crippen molar-refractivity contribution in [3.8, 4) is 11.3 Å². The lowest BCUT2D eigenvalue weighted by atomic mass is 10.1. The van der Waals surface area contributed by atoms with Gasteiger partial charge in [0, 0.05) is 11.3 Å². The van der Waals surface area contributed by atoms with Crippen LogP contribution in [0, 0.1) is 5.92 Å². The molecule has 6 nitrogen and oxygen atoms in total. The van der Waals surface area contributed by atoms with Gasteiger partial charge in [0.25, 0.3) is 10.0 Å². The lowest BCUT2D eigenvalue weighted by Crippen LogP contribution is -2.15. The van der Waals surface area contributed by atoms with Gasteiger partial charge in [0.05, 0.1) is 15.7 Å². The molecule has 0 aliphatic carbocycles. The molecule has 1 heterocycles. The number of benzene rings is 2. The van der Waals surface area contributed by atoms with Gasteiger partial charge < -0.3 is 4.52 Å². The Morgan fingerprint density at radius 2 is 1.63 bits per heavy atom. The van der Waals surface area contributed by atoms with Gasteiger partial charge in [-0.2, -0.15) is 0 Å². The summed E-state index contributed by atoms with van der Waals surface area (Å²) in [5.74, 6) is 0.485. The molecule has 0 aliphatic rings. The van der Waals surface area contributed by atoms with Crippen molar-refractivity contribution in [2.24, 2.45) is 5.92 Å². The maximum Gasteiger partial charge on any atom is 0.262 e. The number of nitrogens with zero attached hydrogens (tertiary/aromatic N) is 1. The highest BCUT2D eigenvalue weighted by Crippen LogP contribution is 2.34. The highest BCUT2D eigenvalue weighted by molar-refractivity contribution is 7.92. The molecule has 0 saturated carbocycles. The number of aromatic nitrogens is 1. The summed E-state index contributed by atoms with van der Waals surface area (Å²) in [5.41, 5.74) is 1.09. The van der Waals surface area contributed by atoms with Crippen LogP contribution in [-0.2, 0) is 20.8 Å². The Morgan fingerprint density at radius 1 is 1.04 bits per heavy atom. The third-order valence-corrected chi connectivity index (χ3v) is 6.72. The van der Waals surface area contributed by atoms with Crippen LogP contribution in [-0.4, -0.2) is 23.5 Å². The van der Waals surface area contributed by atoms with E-state index in [1.165, 1.54) is 12.1 Å². The van der Waals surface area contributed by atoms with Gasteiger partial charge in [-0.25, -0.2) is 8.42 Å². The number of nitrogens with one attached hydrogen (secondary N) is 1. The summed E-state index contributed by atoms with van der Waals surface area (Å²) in [6.45, 7) is 3.86. The maximum atomic E-state index is 12.8. The lowest BCUT2D eigenvalue weighted by Gasteiger charge is -2.10. The molecule has 1 aromatic heterocycles. The second-order valence-corrected chi connectivity index (χ2v) is 9.46. The van der Waals surface area contributed by atoms with E-state index >= 15 is 0 Å². The summed E-state index contributed by atoms with van der Waals surface area (Å²) in [5, 5.41) is 4.03. The number of rotatable bonds is 7. The van der Waals surface area contributed by atoms with Crippen LogP contribution in [0.1, 0.15) is 13.8 Å². The molecule has 1 unspecified atom stereocenters. The fourth-order valence-corrected chi connectivity index (χ4v) is 4.89. The average molecular weight is 405 g/mol. The Hall–Kier alpha value is -2.45. The van der Waals surface area contributed by atoms with Crippen molar-refractivity contribution in [2.45, 2.75) is 23.8 Å². The monoisotopic (exact) mass is 404 g/mol. The van der Waals surface area contributed by atoms with Crippen LogP contribution in [0.5, 0.6) is 0 Å². The largest absolute Gasteiger partial charge is 0.344 e. The first-order valence-electron chi connectivity index (χ1n) is 8.40. The number of hydrogen-bond acceptors (Lipinski definition) is 5. The molecule has 0 radical (unpaired) electrons. The molecule has 142 valence electrons. The van der Waals surface area contributed by atoms with E-state index in [0.29, 0.717) is 17.0 Å². The van der Waals surface area contributed by atoms with Crippen LogP contribution in [0.25, 0.3) is 11.3 Å². The fraction of sp³-hybridized carbons (Fsp3) is 0.211. The van der Waals surface area contributed by atoms with Gasteiger partial charge in [0.1, 0.15) is 11.4 Å². The van der Waals surface area contributed by atoms with Crippen molar-refractivity contribution in [1.29, 1.82) is 0 Å². The van der Waals surface area contributed by atoms with Gasteiger partial charge in [0.15, 0.2) is 0 Å². The van der Waals surface area contributed by atoms with Gasteiger partial charge in [0.2, 0.25) is 5.09 Å². The Balaban J connectivity index is 2.08. The van der Waals surface area contributed by atoms with Gasteiger partial charge >= 0.3 is 0 Å². The summed E-state index contributed by atoms with van der Waals surface area (Å²) in [7, 11) is -5.41. The number of sulfonamides is 1. The third-order valence-electron chi connectivity index (χ3n) is 3.69. The molecule has 3 aromatic rings. The third kappa shape index (κ3) is 4.45. The molecule has 0 amide bonds. The van der Waals surface area contributed by atoms with Crippen LogP contribution >= 0.6 is 0 Å². The Kier molecular flexibility index (Phi) is 5.76. The molecule has 0 spiro atoms. The van der Waals surface area contributed by atoms with Crippen molar-refractivity contribution in [2.75, 3.05) is 10.5 Å². The predicted octanol–water partition coefficient (Wildman–Crippen LogP) is 3.91. The molecule has 27 heavy (non-hydrogen) atoms. The van der Waals surface area contributed by atoms with Crippen molar-refractivity contribution in [3.05, 3.63) is 60.7 Å². The summed E-state index contributed by atoms with van der Waals surface area (Å²) < 4.78 is 46.1. The second-order valence-electron chi connectivity index (χ2n) is 6.38. The normalized spacial score (nSPS) is 12.9. The average Bonchev–Trinajstić information content (AvgIpc) is 3.05. The minimum Gasteiger partial charge on any atom is -0.344 e. The number of hydrogen-bond donors (Lipinski definition) is 1. The molecule has 8 heteroatoms. The summed E-state index contributed by atoms with van der Waals surface area (Å²) in [6.07, 6.45) is 0. The minimum absolute atomic E-state index is 0.0297. The van der Waals surface area contributed by atoms with Gasteiger partial charge in [-0.05, 0) is 18.1 Å². The molecule has 0 aliphatic heterocycles. The van der Waals surface area contributed by atoms with E-state index in [2.05, 4.69) is 9.88 Å². The zero-order valence-electron chi connectivity index (χ0n) is 15.0. The maximum absolute atomic E-state index is 12.8. The number of anilines is 1. The highest BCUT2D eigenvalue weighted by atomic mass is 32.2. The van der Waals surface area contributed by atoms with Crippen molar-refractivity contribution in [1.82, 2.24) is 5.16 Å². The Bertz CT molecular complexity index is 1030. The lowest BCUT2D eigenvalue weighted by molar-refractivity contribution is 0.348. The van der Waals surface area contributed by atoms with Crippen molar-refractivity contribution < 1.29 is 17.1 Å². The van der Waals surface area contributed by atoms with Crippen molar-refractivity contribution in [3.63, 3.8) is 0 Å². The van der Waals surface area contributed by atoms with Crippen molar-refractivity contribution >= 4 is 26.5 Å². The van der Waals surface area contributed by atoms with Gasteiger partial charge in [-0.3, -0.25) is 8.93 Å². The first-order chi connectivity index (χ1) is 12.9. The van der Waals surface area contributed by atoms with Crippen LogP contribution < -0.4 is 4.72 Å². The molecule has 0 saturated heterocycles. The molecule has 3 rings (SSSR count). The minimum atomic E-state index is -3.88. The first-order valence-corrected chi connectivity index (χ1v) is 11.2. The van der Waals surface area contributed by atoms with Crippen LogP contribution in [0.3, 0.4) is 0 Å². The highest BCUT2D eigenvalue weighted by Gasteiger charge is 2.27. The summed E-state index contributed by atoms with van der Waals surface area (Å²) >= 11 is 0. The van der Waals surface area contributed by atoms with E-state index in [1.807, 2.05) is 32.0 Å². The van der Waals surface area contributed by atoms with E-state index in [0.717, 1.165) is 0 Å². The molecule has 1 N–H and O–H groups in total. The molecule has 2 aromatic carbocycles. The zero-order valence-corrected chi connectivity index (χ0v) is 16.6. The zero-order chi connectivity index (χ0) is 19.4. The predicted molar refractivity (Wildman–Crippen MR) is 105 cm³/mol. The van der Waals surface area contributed by atoms with Gasteiger partial charge in [-0.15, -0.1) is 0 Å². The smallest absolute Gasteiger partial charge is 0.262 e. The molecule has 1 atom stereocenters. The van der Waals surface area contributed by atoms with Crippen LogP contribution in [0.15, 0.2) is 75.2 Å². The van der Waals surface area contributed by atoms with E-state index in [4.69, 9.17) is 4.52 Å². The van der Waals surface area contributed by atoms with Crippen LogP contribution in [0.2, 0.25) is 0 Å². The van der Waals surface area contributed by atoms with E-state index in [1.54, 1.807) is 30.3 Å². The fourth-order valence-electron chi connectivity index (χ4n) is 2.48. The van der Waals surface area contributed by atoms with E-state index in [-0.39, 0.29) is 21.6 Å². The quantitative estimate of drug-likeness (QED) is 0.645. The second kappa shape index (κ2) is 8.06. The van der Waals surface area contributed by atoms with Crippen LogP contribution in [0.4, 0.5) is 5.69 Å². The summed E-state index contributed by atoms with van der Waals surface area (Å²) in [6, 6.07) is 17.0. The Morgan fingerprint density at radius 3 is 2.22 bits per heavy atom. The van der Waals surface area contributed by atoms with E-state index < -0.39 is 20.8 Å². The topological polar surface area (TPSA) is 89.3 Å². The summed E-state index contributed by atoms with van der Waals surface area (Å²) in [4.78, 5) is 0.103. The SMILES string of the molecule is CC(C)CS(=O)c1onc(-c2ccccc2)c1NS(=O)(=O)c1ccccc1.